The van der Waals surface area contributed by atoms with Crippen LogP contribution in [0.1, 0.15) is 139 Å². The molecule has 0 unspecified atom stereocenters. The van der Waals surface area contributed by atoms with E-state index in [2.05, 4.69) is 159 Å². The summed E-state index contributed by atoms with van der Waals surface area (Å²) in [5.74, 6) is 1.79. The Hall–Kier alpha value is -2.22. The SMILES string of the molecule is Cc1ccc(-c2ccc(C(C)(C)C)cc2)c2cc(CC3CCCCC3)[cH-]c12.Cc1ccc(-c2ccc(C(C)(C)C)cc2)c2cc(CC3CCCCC3)[cH-]c12.Cl.Cl.[CH3-].[CH3-].[Si]=[Zr]. The zero-order valence-corrected chi connectivity index (χ0v) is 43.8. The Bertz CT molecular complexity index is 2020. The monoisotopic (exact) mass is 934 g/mol. The molecule has 0 saturated heterocycles. The van der Waals surface area contributed by atoms with Gasteiger partial charge in [0.05, 0.1) is 0 Å². The van der Waals surface area contributed by atoms with E-state index in [9.17, 15) is 0 Å². The van der Waals surface area contributed by atoms with Crippen LogP contribution in [0.25, 0.3) is 43.8 Å². The van der Waals surface area contributed by atoms with Gasteiger partial charge in [0.2, 0.25) is 0 Å². The van der Waals surface area contributed by atoms with Gasteiger partial charge in [-0.25, -0.2) is 0 Å². The molecule has 6 aromatic rings. The molecule has 60 heavy (non-hydrogen) atoms. The van der Waals surface area contributed by atoms with Crippen LogP contribution < -0.4 is 0 Å². The number of benzene rings is 4. The Morgan fingerprint density at radius 3 is 1.12 bits per heavy atom. The molecule has 0 heterocycles. The van der Waals surface area contributed by atoms with Crippen molar-refractivity contribution in [1.82, 2.24) is 0 Å². The van der Waals surface area contributed by atoms with Crippen LogP contribution in [0.4, 0.5) is 0 Å². The second-order valence-corrected chi connectivity index (χ2v) is 19.3. The zero-order chi connectivity index (χ0) is 40.0. The van der Waals surface area contributed by atoms with E-state index in [1.165, 1.54) is 166 Å². The molecule has 6 aromatic carbocycles. The molecule has 0 aliphatic heterocycles. The first-order valence-corrected chi connectivity index (χ1v) is 25.9. The molecule has 324 valence electrons. The quantitative estimate of drug-likeness (QED) is 0.115. The minimum atomic E-state index is 0. The van der Waals surface area contributed by atoms with Crippen LogP contribution in [-0.4, -0.2) is 6.88 Å². The van der Waals surface area contributed by atoms with E-state index in [0.29, 0.717) is 0 Å². The molecule has 2 fully saturated rings. The predicted octanol–water partition coefficient (Wildman–Crippen LogP) is 17.3. The Labute approximate surface area is 396 Å². The van der Waals surface area contributed by atoms with Crippen LogP contribution in [0, 0.1) is 40.5 Å². The molecule has 2 saturated carbocycles. The van der Waals surface area contributed by atoms with E-state index in [-0.39, 0.29) is 50.5 Å². The van der Waals surface area contributed by atoms with E-state index in [1.54, 1.807) is 11.1 Å². The maximum atomic E-state index is 3.06. The van der Waals surface area contributed by atoms with Crippen molar-refractivity contribution in [3.05, 3.63) is 145 Å². The van der Waals surface area contributed by atoms with E-state index in [1.807, 2.05) is 0 Å². The van der Waals surface area contributed by atoms with Gasteiger partial charge in [-0.05, 0) is 57.8 Å². The van der Waals surface area contributed by atoms with E-state index in [0.717, 1.165) is 11.8 Å². The molecule has 0 aromatic heterocycles. The number of hydrogen-bond acceptors (Lipinski definition) is 0. The van der Waals surface area contributed by atoms with Gasteiger partial charge in [-0.1, -0.05) is 191 Å². The summed E-state index contributed by atoms with van der Waals surface area (Å²) in [6.07, 6.45) is 16.8. The van der Waals surface area contributed by atoms with Gasteiger partial charge in [0.15, 0.2) is 0 Å². The average molecular weight is 937 g/mol. The van der Waals surface area contributed by atoms with Crippen LogP contribution in [0.3, 0.4) is 0 Å². The van der Waals surface area contributed by atoms with Crippen LogP contribution in [0.5, 0.6) is 0 Å². The molecule has 0 N–H and O–H groups in total. The second-order valence-electron chi connectivity index (χ2n) is 19.3. The Morgan fingerprint density at radius 1 is 0.500 bits per heavy atom. The van der Waals surface area contributed by atoms with Gasteiger partial charge in [-0.3, -0.25) is 0 Å². The number of hydrogen-bond donors (Lipinski definition) is 0. The van der Waals surface area contributed by atoms with E-state index in [4.69, 9.17) is 0 Å². The average Bonchev–Trinajstić information content (AvgIpc) is 3.82. The fourth-order valence-electron chi connectivity index (χ4n) is 9.50. The van der Waals surface area contributed by atoms with E-state index < -0.39 is 0 Å². The molecule has 8 rings (SSSR count). The summed E-state index contributed by atoms with van der Waals surface area (Å²) in [6, 6.07) is 37.5. The van der Waals surface area contributed by atoms with Crippen molar-refractivity contribution in [2.24, 2.45) is 11.8 Å². The third-order valence-corrected chi connectivity index (χ3v) is 13.0. The summed E-state index contributed by atoms with van der Waals surface area (Å²) in [7, 11) is 0. The summed E-state index contributed by atoms with van der Waals surface area (Å²) >= 11 is 1.36. The zero-order valence-electron chi connectivity index (χ0n) is 38.7. The second kappa shape index (κ2) is 24.0. The predicted molar refractivity (Wildman–Crippen MR) is 270 cm³/mol. The van der Waals surface area contributed by atoms with Crippen molar-refractivity contribution in [2.75, 3.05) is 0 Å². The van der Waals surface area contributed by atoms with Crippen molar-refractivity contribution in [3.8, 4) is 22.3 Å². The molecule has 0 spiro atoms. The van der Waals surface area contributed by atoms with Gasteiger partial charge in [0, 0.05) is 0 Å². The van der Waals surface area contributed by atoms with Crippen LogP contribution in [0.2, 0.25) is 0 Å². The molecule has 2 radical (unpaired) electrons. The minimum absolute atomic E-state index is 0. The molecular formula is C56H74Cl2SiZr-4. The van der Waals surface area contributed by atoms with Crippen LogP contribution >= 0.6 is 24.8 Å². The van der Waals surface area contributed by atoms with Gasteiger partial charge >= 0.3 is 30.2 Å². The Morgan fingerprint density at radius 2 is 0.817 bits per heavy atom. The first-order chi connectivity index (χ1) is 26.8. The van der Waals surface area contributed by atoms with Crippen LogP contribution in [0.15, 0.2) is 97.1 Å². The first kappa shape index (κ1) is 53.9. The number of halogens is 2. The van der Waals surface area contributed by atoms with Gasteiger partial charge in [-0.15, -0.1) is 92.9 Å². The molecule has 0 atom stereocenters. The molecule has 4 heteroatoms. The summed E-state index contributed by atoms with van der Waals surface area (Å²) in [5, 5.41) is 5.75. The molecule has 0 bridgehead atoms. The number of fused-ring (bicyclic) bond motifs is 2. The summed E-state index contributed by atoms with van der Waals surface area (Å²) in [5.41, 5.74) is 14.5. The van der Waals surface area contributed by atoms with Crippen molar-refractivity contribution >= 4 is 53.2 Å². The van der Waals surface area contributed by atoms with Crippen molar-refractivity contribution in [1.29, 1.82) is 0 Å². The fraction of sp³-hybridized carbons (Fsp3) is 0.429. The van der Waals surface area contributed by atoms with Crippen LogP contribution in [-0.2, 0) is 47.0 Å². The van der Waals surface area contributed by atoms with Crippen molar-refractivity contribution in [3.63, 3.8) is 0 Å². The van der Waals surface area contributed by atoms with Gasteiger partial charge in [0.25, 0.3) is 0 Å². The molecule has 0 nitrogen and oxygen atoms in total. The normalized spacial score (nSPS) is 14.6. The van der Waals surface area contributed by atoms with Gasteiger partial charge in [-0.2, -0.15) is 12.1 Å². The Kier molecular flexibility index (Phi) is 21.6. The summed E-state index contributed by atoms with van der Waals surface area (Å²) in [6.45, 7) is 21.2. The molecule has 2 aliphatic rings. The van der Waals surface area contributed by atoms with Gasteiger partial charge in [0.1, 0.15) is 0 Å². The summed E-state index contributed by atoms with van der Waals surface area (Å²) in [4.78, 5) is 0. The maximum absolute atomic E-state index is 3.06. The van der Waals surface area contributed by atoms with Gasteiger partial charge < -0.3 is 14.9 Å². The van der Waals surface area contributed by atoms with Crippen molar-refractivity contribution < 1.29 is 23.3 Å². The Balaban J connectivity index is 0.000000373. The van der Waals surface area contributed by atoms with E-state index >= 15 is 0 Å². The fourth-order valence-corrected chi connectivity index (χ4v) is 9.50. The number of aryl methyl sites for hydroxylation is 2. The van der Waals surface area contributed by atoms with Crippen molar-refractivity contribution in [2.45, 2.75) is 143 Å². The standard InChI is InChI=1S/2C27H33.2CH3.2ClH.Si.Zr/c2*1-19-10-15-24(22-11-13-23(14-12-22)27(2,3)4)26-18-21(17-25(19)26)16-20-8-6-5-7-9-20;;;;;;/h2*10-15,17-18,20H,5-9,16H2,1-4H3;2*1H3;2*1H;;/q4*-1;;;;. The number of rotatable bonds is 6. The summed E-state index contributed by atoms with van der Waals surface area (Å²) < 4.78 is 0. The first-order valence-electron chi connectivity index (χ1n) is 21.7. The third kappa shape index (κ3) is 13.4. The third-order valence-electron chi connectivity index (χ3n) is 13.0. The topological polar surface area (TPSA) is 0 Å². The molecule has 0 amide bonds. The molecule has 2 aliphatic carbocycles. The molecular weight excluding hydrogens is 863 g/mol.